The van der Waals surface area contributed by atoms with Crippen molar-refractivity contribution >= 4 is 23.2 Å². The van der Waals surface area contributed by atoms with Crippen molar-refractivity contribution in [1.29, 1.82) is 0 Å². The number of amides is 2. The van der Waals surface area contributed by atoms with E-state index in [0.29, 0.717) is 50.0 Å². The molecule has 0 radical (unpaired) electrons. The van der Waals surface area contributed by atoms with Crippen molar-refractivity contribution in [3.63, 3.8) is 0 Å². The summed E-state index contributed by atoms with van der Waals surface area (Å²) in [7, 11) is 0. The molecule has 2 heterocycles. The molecule has 3 aromatic carbocycles. The zero-order valence-electron chi connectivity index (χ0n) is 26.3. The van der Waals surface area contributed by atoms with Gasteiger partial charge in [-0.2, -0.15) is 0 Å². The van der Waals surface area contributed by atoms with Crippen LogP contribution in [0.4, 0.5) is 11.4 Å². The average molecular weight is 631 g/mol. The fourth-order valence-corrected chi connectivity index (χ4v) is 6.11. The Bertz CT molecular complexity index is 1420. The van der Waals surface area contributed by atoms with Crippen molar-refractivity contribution in [3.05, 3.63) is 95.1 Å². The van der Waals surface area contributed by atoms with Gasteiger partial charge in [0, 0.05) is 44.0 Å². The highest BCUT2D eigenvalue weighted by molar-refractivity contribution is 5.93. The number of rotatable bonds is 14. The van der Waals surface area contributed by atoms with Crippen LogP contribution in [0, 0.1) is 0 Å². The molecule has 5 rings (SSSR count). The molecular formula is C36H46N4O6. The summed E-state index contributed by atoms with van der Waals surface area (Å²) in [5.41, 5.74) is 10.7. The van der Waals surface area contributed by atoms with Gasteiger partial charge >= 0.3 is 0 Å². The van der Waals surface area contributed by atoms with Gasteiger partial charge in [-0.05, 0) is 61.1 Å². The van der Waals surface area contributed by atoms with Gasteiger partial charge < -0.3 is 36.1 Å². The van der Waals surface area contributed by atoms with Gasteiger partial charge in [-0.1, -0.05) is 60.7 Å². The van der Waals surface area contributed by atoms with Crippen molar-refractivity contribution in [2.45, 2.75) is 82.6 Å². The molecule has 2 aliphatic heterocycles. The standard InChI is InChI=1S/C36H46N4O6/c37-31-7-1-2-8-32(31)39-35(44)10-4-3-9-34(43)38-21-25-11-17-28(18-12-25)36-45-30(22-40-19-5-6-29(40)24-42)20-33(46-36)27-15-13-26(23-41)14-16-27/h1-2,7-8,11-18,29-30,33,36,41-42H,3-6,9-10,19-24,37H2,(H,38,43)(H,39,44)/t29-,30-,33+,36+/m0/s1. The molecule has 0 saturated carbocycles. The van der Waals surface area contributed by atoms with E-state index in [9.17, 15) is 19.8 Å². The molecule has 246 valence electrons. The maximum atomic E-state index is 12.4. The fourth-order valence-electron chi connectivity index (χ4n) is 6.11. The number of nitrogens with two attached hydrogens (primary N) is 1. The zero-order chi connectivity index (χ0) is 32.3. The van der Waals surface area contributed by atoms with Crippen LogP contribution in [0.5, 0.6) is 0 Å². The quantitative estimate of drug-likeness (QED) is 0.129. The molecule has 2 amide bonds. The lowest BCUT2D eigenvalue weighted by Gasteiger charge is -2.38. The number of carbonyl (C=O) groups excluding carboxylic acids is 2. The third kappa shape index (κ3) is 9.37. The fraction of sp³-hybridized carbons (Fsp3) is 0.444. The van der Waals surface area contributed by atoms with Crippen LogP contribution in [0.3, 0.4) is 0 Å². The Morgan fingerprint density at radius 2 is 1.57 bits per heavy atom. The van der Waals surface area contributed by atoms with E-state index < -0.39 is 6.29 Å². The Hall–Kier alpha value is -3.80. The molecule has 3 aromatic rings. The Morgan fingerprint density at radius 3 is 2.28 bits per heavy atom. The molecule has 0 bridgehead atoms. The van der Waals surface area contributed by atoms with E-state index in [1.165, 1.54) is 0 Å². The SMILES string of the molecule is Nc1ccccc1NC(=O)CCCCC(=O)NCc1ccc([C@@H]2O[C@H](CN3CCC[C@H]3CO)C[C@H](c3ccc(CO)cc3)O2)cc1. The Kier molecular flexibility index (Phi) is 12.2. The largest absolute Gasteiger partial charge is 0.397 e. The predicted molar refractivity (Wildman–Crippen MR) is 176 cm³/mol. The minimum atomic E-state index is -0.560. The van der Waals surface area contributed by atoms with Crippen LogP contribution < -0.4 is 16.4 Å². The van der Waals surface area contributed by atoms with Crippen molar-refractivity contribution in [2.75, 3.05) is 30.7 Å². The molecule has 0 aromatic heterocycles. The number of aliphatic hydroxyl groups is 2. The average Bonchev–Trinajstić information content (AvgIpc) is 3.54. The highest BCUT2D eigenvalue weighted by atomic mass is 16.7. The van der Waals surface area contributed by atoms with E-state index in [4.69, 9.17) is 15.2 Å². The van der Waals surface area contributed by atoms with Gasteiger partial charge in [0.2, 0.25) is 11.8 Å². The van der Waals surface area contributed by atoms with Crippen LogP contribution >= 0.6 is 0 Å². The second kappa shape index (κ2) is 16.7. The summed E-state index contributed by atoms with van der Waals surface area (Å²) in [5.74, 6) is -0.177. The number of ether oxygens (including phenoxy) is 2. The van der Waals surface area contributed by atoms with E-state index >= 15 is 0 Å². The lowest BCUT2D eigenvalue weighted by molar-refractivity contribution is -0.253. The summed E-state index contributed by atoms with van der Waals surface area (Å²) in [6, 6.07) is 23.0. The van der Waals surface area contributed by atoms with Crippen molar-refractivity contribution < 1.29 is 29.3 Å². The monoisotopic (exact) mass is 630 g/mol. The first kappa shape index (κ1) is 33.6. The lowest BCUT2D eigenvalue weighted by atomic mass is 9.99. The summed E-state index contributed by atoms with van der Waals surface area (Å²) in [4.78, 5) is 27.0. The van der Waals surface area contributed by atoms with Gasteiger partial charge in [-0.15, -0.1) is 0 Å². The number of anilines is 2. The minimum absolute atomic E-state index is 0.00531. The number of hydrogen-bond donors (Lipinski definition) is 5. The van der Waals surface area contributed by atoms with Crippen molar-refractivity contribution in [3.8, 4) is 0 Å². The van der Waals surface area contributed by atoms with Crippen LogP contribution in [0.15, 0.2) is 72.8 Å². The lowest BCUT2D eigenvalue weighted by Crippen LogP contribution is -2.42. The topological polar surface area (TPSA) is 146 Å². The number of unbranched alkanes of at least 4 members (excludes halogenated alkanes) is 1. The second-order valence-corrected chi connectivity index (χ2v) is 12.2. The molecule has 10 nitrogen and oxygen atoms in total. The van der Waals surface area contributed by atoms with Crippen LogP contribution in [-0.2, 0) is 32.2 Å². The number of carbonyl (C=O) groups is 2. The molecular weight excluding hydrogens is 584 g/mol. The summed E-state index contributed by atoms with van der Waals surface area (Å²) < 4.78 is 13.0. The van der Waals surface area contributed by atoms with Gasteiger partial charge in [0.15, 0.2) is 6.29 Å². The maximum Gasteiger partial charge on any atom is 0.224 e. The molecule has 0 unspecified atom stereocenters. The van der Waals surface area contributed by atoms with Crippen molar-refractivity contribution in [1.82, 2.24) is 10.2 Å². The highest BCUT2D eigenvalue weighted by Gasteiger charge is 2.35. The molecule has 46 heavy (non-hydrogen) atoms. The first-order valence-electron chi connectivity index (χ1n) is 16.3. The van der Waals surface area contributed by atoms with Gasteiger partial charge in [-0.25, -0.2) is 0 Å². The van der Waals surface area contributed by atoms with Crippen molar-refractivity contribution in [2.24, 2.45) is 0 Å². The first-order valence-corrected chi connectivity index (χ1v) is 16.3. The number of nitrogens with one attached hydrogen (secondary N) is 2. The van der Waals surface area contributed by atoms with E-state index in [0.717, 1.165) is 48.2 Å². The summed E-state index contributed by atoms with van der Waals surface area (Å²) in [6.07, 6.45) is 3.84. The molecule has 0 aliphatic carbocycles. The molecule has 2 aliphatic rings. The Balaban J connectivity index is 1.11. The molecule has 0 spiro atoms. The second-order valence-electron chi connectivity index (χ2n) is 12.2. The van der Waals surface area contributed by atoms with E-state index in [1.54, 1.807) is 12.1 Å². The van der Waals surface area contributed by atoms with Gasteiger partial charge in [0.25, 0.3) is 0 Å². The number of benzene rings is 3. The van der Waals surface area contributed by atoms with Crippen LogP contribution in [0.25, 0.3) is 0 Å². The van der Waals surface area contributed by atoms with E-state index in [-0.39, 0.29) is 43.3 Å². The molecule has 10 heteroatoms. The number of nitrogen functional groups attached to an aromatic ring is 1. The zero-order valence-corrected chi connectivity index (χ0v) is 26.3. The van der Waals surface area contributed by atoms with E-state index in [1.807, 2.05) is 60.7 Å². The Labute approximate surface area is 270 Å². The number of aliphatic hydroxyl groups excluding tert-OH is 2. The number of likely N-dealkylation sites (tertiary alicyclic amines) is 1. The molecule has 2 saturated heterocycles. The van der Waals surface area contributed by atoms with Crippen LogP contribution in [0.1, 0.15) is 79.6 Å². The maximum absolute atomic E-state index is 12.4. The van der Waals surface area contributed by atoms with Gasteiger partial charge in [0.1, 0.15) is 0 Å². The minimum Gasteiger partial charge on any atom is -0.397 e. The third-order valence-electron chi connectivity index (χ3n) is 8.80. The smallest absolute Gasteiger partial charge is 0.224 e. The van der Waals surface area contributed by atoms with Crippen LogP contribution in [0.2, 0.25) is 0 Å². The van der Waals surface area contributed by atoms with Gasteiger partial charge in [0.05, 0.1) is 36.8 Å². The Morgan fingerprint density at radius 1 is 0.870 bits per heavy atom. The number of para-hydroxylation sites is 2. The number of hydrogen-bond acceptors (Lipinski definition) is 8. The summed E-state index contributed by atoms with van der Waals surface area (Å²) in [6.45, 7) is 2.23. The summed E-state index contributed by atoms with van der Waals surface area (Å²) >= 11 is 0. The normalized spacial score (nSPS) is 21.6. The highest BCUT2D eigenvalue weighted by Crippen LogP contribution is 2.38. The third-order valence-corrected chi connectivity index (χ3v) is 8.80. The van der Waals surface area contributed by atoms with E-state index in [2.05, 4.69) is 15.5 Å². The molecule has 4 atom stereocenters. The number of nitrogens with zero attached hydrogens (tertiary/aromatic N) is 1. The first-order chi connectivity index (χ1) is 22.4. The molecule has 6 N–H and O–H groups in total. The summed E-state index contributed by atoms with van der Waals surface area (Å²) in [5, 5.41) is 25.1. The predicted octanol–water partition coefficient (Wildman–Crippen LogP) is 4.58. The van der Waals surface area contributed by atoms with Gasteiger partial charge in [-0.3, -0.25) is 14.5 Å². The van der Waals surface area contributed by atoms with Crippen LogP contribution in [-0.4, -0.2) is 58.8 Å². The molecule has 2 fully saturated rings.